The van der Waals surface area contributed by atoms with Gasteiger partial charge in [-0.3, -0.25) is 20.0 Å². The summed E-state index contributed by atoms with van der Waals surface area (Å²) in [5, 5.41) is 10.4. The van der Waals surface area contributed by atoms with E-state index in [0.29, 0.717) is 52.4 Å². The van der Waals surface area contributed by atoms with E-state index in [4.69, 9.17) is 23.7 Å². The number of rotatable bonds is 23. The standard InChI is InChI=1S/C44H64N6O9/c1-43(2,3)37(48-42(54)59-29-28-58-27-26-57-25-24-55-7)39(51)46-35(30-32-14-10-9-11-15-32)21-23-50(49-40(52)38(44(4,5)6)47-41(53)56-8)31-33-17-19-34(20-18-33)36-16-12-13-22-45-36/h9-20,22,35,37-38H,21,23-31H2,1-8H3,(H,46,51)(H,47,53)(H,48,54)(H,49,52)/t35-,37-,38-/m0/s1. The molecule has 2 aromatic carbocycles. The van der Waals surface area contributed by atoms with Gasteiger partial charge in [-0.15, -0.1) is 0 Å². The van der Waals surface area contributed by atoms with Crippen molar-refractivity contribution >= 4 is 24.0 Å². The largest absolute Gasteiger partial charge is 0.453 e. The Bertz CT molecular complexity index is 1700. The van der Waals surface area contributed by atoms with Crippen LogP contribution >= 0.6 is 0 Å². The van der Waals surface area contributed by atoms with Crippen LogP contribution in [0.25, 0.3) is 11.3 Å². The molecule has 324 valence electrons. The van der Waals surface area contributed by atoms with Crippen LogP contribution in [0, 0.1) is 10.8 Å². The van der Waals surface area contributed by atoms with E-state index >= 15 is 0 Å². The van der Waals surface area contributed by atoms with Crippen molar-refractivity contribution < 1.29 is 42.9 Å². The lowest BCUT2D eigenvalue weighted by atomic mass is 9.86. The Morgan fingerprint density at radius 3 is 1.85 bits per heavy atom. The summed E-state index contributed by atoms with van der Waals surface area (Å²) in [6.07, 6.45) is 1.17. The van der Waals surface area contributed by atoms with Crippen LogP contribution in [0.3, 0.4) is 0 Å². The fourth-order valence-electron chi connectivity index (χ4n) is 5.99. The minimum absolute atomic E-state index is 0.00232. The SMILES string of the molecule is COCCOCCOCCOC(=O)N[C@@H](C(=O)N[C@@H](CCN(Cc1ccc(-c2ccccn2)cc1)NC(=O)[C@H](NC(=O)OC)C(C)(C)C)Cc1ccccc1)C(C)(C)C. The number of benzene rings is 2. The molecule has 4 N–H and O–H groups in total. The maximum atomic E-state index is 14.1. The summed E-state index contributed by atoms with van der Waals surface area (Å²) >= 11 is 0. The summed E-state index contributed by atoms with van der Waals surface area (Å²) in [6, 6.07) is 21.1. The summed E-state index contributed by atoms with van der Waals surface area (Å²) < 4.78 is 25.9. The molecule has 0 fully saturated rings. The number of pyridine rings is 1. The van der Waals surface area contributed by atoms with Crippen LogP contribution in [0.1, 0.15) is 59.1 Å². The number of amides is 4. The number of carbonyl (C=O) groups excluding carboxylic acids is 4. The lowest BCUT2D eigenvalue weighted by Crippen LogP contribution is -2.58. The highest BCUT2D eigenvalue weighted by Gasteiger charge is 2.36. The Morgan fingerprint density at radius 2 is 1.25 bits per heavy atom. The molecule has 4 amide bonds. The predicted octanol–water partition coefficient (Wildman–Crippen LogP) is 5.29. The van der Waals surface area contributed by atoms with Gasteiger partial charge in [0.25, 0.3) is 5.91 Å². The number of ether oxygens (including phenoxy) is 5. The molecule has 3 atom stereocenters. The molecular weight excluding hydrogens is 757 g/mol. The van der Waals surface area contributed by atoms with Gasteiger partial charge in [-0.25, -0.2) is 14.6 Å². The predicted molar refractivity (Wildman–Crippen MR) is 225 cm³/mol. The molecule has 1 heterocycles. The van der Waals surface area contributed by atoms with E-state index in [9.17, 15) is 19.2 Å². The molecular formula is C44H64N6O9. The van der Waals surface area contributed by atoms with Gasteiger partial charge in [0.05, 0.1) is 45.8 Å². The molecule has 1 aromatic heterocycles. The molecule has 0 aliphatic heterocycles. The van der Waals surface area contributed by atoms with E-state index in [2.05, 4.69) is 26.4 Å². The van der Waals surface area contributed by atoms with Gasteiger partial charge < -0.3 is 39.6 Å². The van der Waals surface area contributed by atoms with E-state index in [0.717, 1.165) is 22.4 Å². The zero-order valence-corrected chi connectivity index (χ0v) is 35.9. The number of hydrazine groups is 1. The molecule has 15 heteroatoms. The lowest BCUT2D eigenvalue weighted by Gasteiger charge is -2.34. The summed E-state index contributed by atoms with van der Waals surface area (Å²) in [6.45, 7) is 13.6. The van der Waals surface area contributed by atoms with Gasteiger partial charge in [0.1, 0.15) is 18.7 Å². The quantitative estimate of drug-likeness (QED) is 0.0722. The third-order valence-corrected chi connectivity index (χ3v) is 9.21. The van der Waals surface area contributed by atoms with E-state index in [1.165, 1.54) is 7.11 Å². The highest BCUT2D eigenvalue weighted by Crippen LogP contribution is 2.23. The first-order valence-electron chi connectivity index (χ1n) is 19.9. The average molecular weight is 821 g/mol. The topological polar surface area (TPSA) is 179 Å². The molecule has 0 bridgehead atoms. The number of nitrogens with zero attached hydrogens (tertiary/aromatic N) is 2. The van der Waals surface area contributed by atoms with Gasteiger partial charge in [0.15, 0.2) is 0 Å². The first kappa shape index (κ1) is 48.3. The molecule has 0 aliphatic carbocycles. The van der Waals surface area contributed by atoms with Crippen molar-refractivity contribution in [3.05, 3.63) is 90.1 Å². The molecule has 59 heavy (non-hydrogen) atoms. The first-order valence-corrected chi connectivity index (χ1v) is 19.9. The minimum atomic E-state index is -0.936. The fourth-order valence-corrected chi connectivity index (χ4v) is 5.99. The zero-order valence-electron chi connectivity index (χ0n) is 35.9. The summed E-state index contributed by atoms with van der Waals surface area (Å²) in [5.41, 5.74) is 5.41. The Hall–Kier alpha value is -5.09. The molecule has 0 unspecified atom stereocenters. The fraction of sp³-hybridized carbons (Fsp3) is 0.523. The summed E-state index contributed by atoms with van der Waals surface area (Å²) in [7, 11) is 2.85. The van der Waals surface area contributed by atoms with Gasteiger partial charge in [-0.1, -0.05) is 102 Å². The van der Waals surface area contributed by atoms with Gasteiger partial charge in [-0.2, -0.15) is 0 Å². The smallest absolute Gasteiger partial charge is 0.407 e. The van der Waals surface area contributed by atoms with E-state index < -0.39 is 47.0 Å². The van der Waals surface area contributed by atoms with E-state index in [1.807, 2.05) is 114 Å². The Labute approximate surface area is 349 Å². The zero-order chi connectivity index (χ0) is 43.3. The third kappa shape index (κ3) is 18.2. The highest BCUT2D eigenvalue weighted by atomic mass is 16.6. The van der Waals surface area contributed by atoms with Crippen molar-refractivity contribution in [2.24, 2.45) is 10.8 Å². The van der Waals surface area contributed by atoms with Crippen LogP contribution < -0.4 is 21.4 Å². The third-order valence-electron chi connectivity index (χ3n) is 9.21. The van der Waals surface area contributed by atoms with Crippen LogP contribution in [0.4, 0.5) is 9.59 Å². The van der Waals surface area contributed by atoms with Crippen LogP contribution in [0.15, 0.2) is 79.0 Å². The number of methoxy groups -OCH3 is 2. The van der Waals surface area contributed by atoms with Crippen LogP contribution in [-0.4, -0.2) is 113 Å². The van der Waals surface area contributed by atoms with Gasteiger partial charge in [0, 0.05) is 38.0 Å². The molecule has 0 saturated heterocycles. The molecule has 0 spiro atoms. The number of nitrogens with one attached hydrogen (secondary N) is 4. The van der Waals surface area contributed by atoms with Crippen LogP contribution in [0.5, 0.6) is 0 Å². The van der Waals surface area contributed by atoms with Crippen molar-refractivity contribution in [1.82, 2.24) is 31.4 Å². The van der Waals surface area contributed by atoms with Crippen LogP contribution in [-0.2, 0) is 46.2 Å². The second-order valence-electron chi connectivity index (χ2n) is 16.2. The number of aromatic nitrogens is 1. The van der Waals surface area contributed by atoms with Gasteiger partial charge in [0.2, 0.25) is 5.91 Å². The second-order valence-corrected chi connectivity index (χ2v) is 16.2. The minimum Gasteiger partial charge on any atom is -0.453 e. The molecule has 3 rings (SSSR count). The molecule has 3 aromatic rings. The Morgan fingerprint density at radius 1 is 0.661 bits per heavy atom. The monoisotopic (exact) mass is 820 g/mol. The highest BCUT2D eigenvalue weighted by molar-refractivity contribution is 5.87. The molecule has 0 saturated carbocycles. The van der Waals surface area contributed by atoms with E-state index in [-0.39, 0.29) is 19.1 Å². The molecule has 15 nitrogen and oxygen atoms in total. The summed E-state index contributed by atoms with van der Waals surface area (Å²) in [4.78, 5) is 57.6. The van der Waals surface area contributed by atoms with E-state index in [1.54, 1.807) is 18.3 Å². The van der Waals surface area contributed by atoms with Crippen molar-refractivity contribution in [3.8, 4) is 11.3 Å². The maximum absolute atomic E-state index is 14.1. The van der Waals surface area contributed by atoms with Gasteiger partial charge in [-0.05, 0) is 46.9 Å². The van der Waals surface area contributed by atoms with Crippen molar-refractivity contribution in [1.29, 1.82) is 0 Å². The van der Waals surface area contributed by atoms with Gasteiger partial charge >= 0.3 is 12.2 Å². The lowest BCUT2D eigenvalue weighted by molar-refractivity contribution is -0.131. The first-order chi connectivity index (χ1) is 28.1. The molecule has 0 radical (unpaired) electrons. The van der Waals surface area contributed by atoms with Crippen LogP contribution in [0.2, 0.25) is 0 Å². The average Bonchev–Trinajstić information content (AvgIpc) is 3.20. The number of hydrogen-bond donors (Lipinski definition) is 4. The number of hydrogen-bond acceptors (Lipinski definition) is 11. The van der Waals surface area contributed by atoms with Crippen molar-refractivity contribution in [2.75, 3.05) is 60.4 Å². The normalized spacial score (nSPS) is 13.2. The van der Waals surface area contributed by atoms with Crippen molar-refractivity contribution in [2.45, 2.75) is 79.1 Å². The maximum Gasteiger partial charge on any atom is 0.407 e. The van der Waals surface area contributed by atoms with Crippen molar-refractivity contribution in [3.63, 3.8) is 0 Å². The second kappa shape index (κ2) is 24.7. The molecule has 0 aliphatic rings. The summed E-state index contributed by atoms with van der Waals surface area (Å²) in [5.74, 6) is -0.802. The Kier molecular flexibility index (Phi) is 20.2. The Balaban J connectivity index is 1.79. The number of alkyl carbamates (subject to hydrolysis) is 2. The number of carbonyl (C=O) groups is 4.